The normalized spacial score (nSPS) is 19.2. The van der Waals surface area contributed by atoms with Gasteiger partial charge >= 0.3 is 0 Å². The molecule has 31 heavy (non-hydrogen) atoms. The molecule has 0 amide bonds. The molecule has 2 aliphatic rings. The van der Waals surface area contributed by atoms with Gasteiger partial charge in [-0.05, 0) is 79.2 Å². The monoisotopic (exact) mass is 478 g/mol. The van der Waals surface area contributed by atoms with Crippen molar-refractivity contribution in [3.05, 3.63) is 87.9 Å². The highest BCUT2D eigenvalue weighted by atomic mass is 79.9. The van der Waals surface area contributed by atoms with Crippen molar-refractivity contribution in [3.63, 3.8) is 0 Å². The molecule has 3 aromatic rings. The van der Waals surface area contributed by atoms with Crippen LogP contribution in [0.4, 0.5) is 0 Å². The van der Waals surface area contributed by atoms with E-state index in [4.69, 9.17) is 19.3 Å². The maximum atomic E-state index is 6.43. The molecule has 0 bridgehead atoms. The van der Waals surface area contributed by atoms with Crippen molar-refractivity contribution in [3.8, 4) is 17.2 Å². The van der Waals surface area contributed by atoms with Crippen LogP contribution in [0.5, 0.6) is 17.2 Å². The second-order valence-corrected chi connectivity index (χ2v) is 8.45. The molecule has 0 saturated carbocycles. The van der Waals surface area contributed by atoms with Crippen LogP contribution in [0, 0.1) is 0 Å². The number of hydrogen-bond acceptors (Lipinski definition) is 5. The highest BCUT2D eigenvalue weighted by Gasteiger charge is 2.41. The first-order chi connectivity index (χ1) is 15.2. The maximum absolute atomic E-state index is 6.43. The molecule has 2 atom stereocenters. The summed E-state index contributed by atoms with van der Waals surface area (Å²) in [6, 6.07) is 22.4. The average Bonchev–Trinajstić information content (AvgIpc) is 3.25. The van der Waals surface area contributed by atoms with Gasteiger partial charge in [0.2, 0.25) is 6.23 Å². The number of fused-ring (bicyclic) bond motifs is 3. The third-order valence-electron chi connectivity index (χ3n) is 5.65. The summed E-state index contributed by atoms with van der Waals surface area (Å²) in [5, 5.41) is 7.11. The second-order valence-electron chi connectivity index (χ2n) is 7.53. The minimum absolute atomic E-state index is 0.106. The lowest BCUT2D eigenvalue weighted by atomic mass is 9.96. The smallest absolute Gasteiger partial charge is 0.213 e. The van der Waals surface area contributed by atoms with Crippen LogP contribution in [0.15, 0.2) is 76.3 Å². The molecule has 0 aromatic heterocycles. The number of halogens is 1. The van der Waals surface area contributed by atoms with Crippen molar-refractivity contribution in [1.82, 2.24) is 5.01 Å². The highest BCUT2D eigenvalue weighted by molar-refractivity contribution is 9.10. The molecule has 0 aliphatic carbocycles. The Morgan fingerprint density at radius 3 is 2.48 bits per heavy atom. The fraction of sp³-hybridized carbons (Fsp3) is 0.240. The van der Waals surface area contributed by atoms with E-state index < -0.39 is 0 Å². The fourth-order valence-corrected chi connectivity index (χ4v) is 4.51. The summed E-state index contributed by atoms with van der Waals surface area (Å²) in [5.74, 6) is 2.59. The SMILES string of the molecule is CCOc1ccc(C2=NN3[C@@H](c4ccc(OC)cc4)Oc4ccc(Br)cc4[C@@H]3C2)cc1. The molecule has 0 saturated heterocycles. The zero-order valence-corrected chi connectivity index (χ0v) is 19.0. The predicted molar refractivity (Wildman–Crippen MR) is 124 cm³/mol. The summed E-state index contributed by atoms with van der Waals surface area (Å²) in [7, 11) is 1.67. The van der Waals surface area contributed by atoms with E-state index in [1.165, 1.54) is 0 Å². The van der Waals surface area contributed by atoms with Gasteiger partial charge in [-0.3, -0.25) is 0 Å². The number of methoxy groups -OCH3 is 1. The maximum Gasteiger partial charge on any atom is 0.213 e. The van der Waals surface area contributed by atoms with Crippen LogP contribution < -0.4 is 14.2 Å². The zero-order valence-electron chi connectivity index (χ0n) is 17.4. The molecule has 0 fully saturated rings. The Hall–Kier alpha value is -2.99. The van der Waals surface area contributed by atoms with Gasteiger partial charge in [-0.1, -0.05) is 15.9 Å². The molecular formula is C25H23BrN2O3. The van der Waals surface area contributed by atoms with Crippen molar-refractivity contribution in [2.75, 3.05) is 13.7 Å². The molecule has 0 radical (unpaired) electrons. The Labute approximate surface area is 190 Å². The predicted octanol–water partition coefficient (Wildman–Crippen LogP) is 6.10. The number of hydrogen-bond donors (Lipinski definition) is 0. The van der Waals surface area contributed by atoms with E-state index in [1.54, 1.807) is 7.11 Å². The number of hydrazone groups is 1. The van der Waals surface area contributed by atoms with Gasteiger partial charge in [0, 0.05) is 22.0 Å². The van der Waals surface area contributed by atoms with Crippen molar-refractivity contribution in [2.45, 2.75) is 25.6 Å². The van der Waals surface area contributed by atoms with E-state index in [0.717, 1.165) is 50.5 Å². The van der Waals surface area contributed by atoms with Crippen LogP contribution in [0.25, 0.3) is 0 Å². The Morgan fingerprint density at radius 2 is 1.77 bits per heavy atom. The molecule has 0 unspecified atom stereocenters. The van der Waals surface area contributed by atoms with E-state index >= 15 is 0 Å². The van der Waals surface area contributed by atoms with Gasteiger partial charge in [0.15, 0.2) is 0 Å². The van der Waals surface area contributed by atoms with E-state index in [9.17, 15) is 0 Å². The highest BCUT2D eigenvalue weighted by Crippen LogP contribution is 2.48. The topological polar surface area (TPSA) is 43.3 Å². The largest absolute Gasteiger partial charge is 0.497 e. The van der Waals surface area contributed by atoms with Gasteiger partial charge in [-0.25, -0.2) is 5.01 Å². The van der Waals surface area contributed by atoms with Crippen molar-refractivity contribution in [2.24, 2.45) is 5.10 Å². The zero-order chi connectivity index (χ0) is 21.4. The molecule has 5 nitrogen and oxygen atoms in total. The minimum Gasteiger partial charge on any atom is -0.497 e. The lowest BCUT2D eigenvalue weighted by Gasteiger charge is -2.38. The van der Waals surface area contributed by atoms with Crippen LogP contribution in [0.1, 0.15) is 42.3 Å². The van der Waals surface area contributed by atoms with E-state index in [2.05, 4.69) is 39.1 Å². The summed E-state index contributed by atoms with van der Waals surface area (Å²) in [6.45, 7) is 2.64. The van der Waals surface area contributed by atoms with E-state index in [1.807, 2.05) is 55.5 Å². The van der Waals surface area contributed by atoms with Gasteiger partial charge < -0.3 is 14.2 Å². The summed E-state index contributed by atoms with van der Waals surface area (Å²) in [6.07, 6.45) is 0.512. The lowest BCUT2D eigenvalue weighted by Crippen LogP contribution is -2.33. The van der Waals surface area contributed by atoms with Gasteiger partial charge in [0.05, 0.1) is 25.5 Å². The summed E-state index contributed by atoms with van der Waals surface area (Å²) < 4.78 is 18.4. The van der Waals surface area contributed by atoms with E-state index in [-0.39, 0.29) is 12.3 Å². The van der Waals surface area contributed by atoms with Crippen molar-refractivity contribution >= 4 is 21.6 Å². The molecule has 0 N–H and O–H groups in total. The standard InChI is InChI=1S/C25H23BrN2O3/c1-3-30-20-11-4-16(5-12-20)22-15-23-21-14-18(26)8-13-24(21)31-25(28(23)27-22)17-6-9-19(29-2)10-7-17/h4-14,23,25H,3,15H2,1-2H3/t23-,25+/m0/s1. The summed E-state index contributed by atoms with van der Waals surface area (Å²) in [4.78, 5) is 0. The number of nitrogens with zero attached hydrogens (tertiary/aromatic N) is 2. The number of rotatable bonds is 5. The number of benzene rings is 3. The van der Waals surface area contributed by atoms with Gasteiger partial charge in [0.25, 0.3) is 0 Å². The van der Waals surface area contributed by atoms with Crippen molar-refractivity contribution < 1.29 is 14.2 Å². The Morgan fingerprint density at radius 1 is 1.03 bits per heavy atom. The first kappa shape index (κ1) is 19.9. The van der Waals surface area contributed by atoms with E-state index in [0.29, 0.717) is 6.61 Å². The molecular weight excluding hydrogens is 456 g/mol. The van der Waals surface area contributed by atoms with Crippen LogP contribution in [0.3, 0.4) is 0 Å². The van der Waals surface area contributed by atoms with Crippen molar-refractivity contribution in [1.29, 1.82) is 0 Å². The molecule has 6 heteroatoms. The lowest BCUT2D eigenvalue weighted by molar-refractivity contribution is -0.0191. The Bertz CT molecular complexity index is 1110. The van der Waals surface area contributed by atoms with Crippen LogP contribution >= 0.6 is 15.9 Å². The Kier molecular flexibility index (Phi) is 5.32. The number of ether oxygens (including phenoxy) is 3. The van der Waals surface area contributed by atoms with Gasteiger partial charge in [-0.2, -0.15) is 5.10 Å². The van der Waals surface area contributed by atoms with Gasteiger partial charge in [-0.15, -0.1) is 0 Å². The molecule has 2 aliphatic heterocycles. The van der Waals surface area contributed by atoms with Crippen LogP contribution in [-0.4, -0.2) is 24.4 Å². The molecule has 158 valence electrons. The molecule has 5 rings (SSSR count). The van der Waals surface area contributed by atoms with Crippen LogP contribution in [-0.2, 0) is 0 Å². The third kappa shape index (κ3) is 3.76. The van der Waals surface area contributed by atoms with Gasteiger partial charge in [0.1, 0.15) is 17.2 Å². The molecule has 3 aromatic carbocycles. The molecule has 0 spiro atoms. The first-order valence-electron chi connectivity index (χ1n) is 10.4. The third-order valence-corrected chi connectivity index (χ3v) is 6.14. The van der Waals surface area contributed by atoms with Crippen LogP contribution in [0.2, 0.25) is 0 Å². The second kappa shape index (κ2) is 8.27. The Balaban J connectivity index is 1.53. The quantitative estimate of drug-likeness (QED) is 0.444. The minimum atomic E-state index is -0.301. The summed E-state index contributed by atoms with van der Waals surface area (Å²) >= 11 is 3.61. The summed E-state index contributed by atoms with van der Waals surface area (Å²) in [5.41, 5.74) is 4.32. The average molecular weight is 479 g/mol. The first-order valence-corrected chi connectivity index (χ1v) is 11.1. The fourth-order valence-electron chi connectivity index (χ4n) is 4.13. The molecule has 2 heterocycles.